The molecule has 0 aromatic heterocycles. The van der Waals surface area contributed by atoms with Crippen LogP contribution in [0.5, 0.6) is 0 Å². The molecule has 150 valence electrons. The molecule has 6 nitrogen and oxygen atoms in total. The lowest BCUT2D eigenvalue weighted by atomic mass is 10.3. The largest absolute Gasteiger partial charge is 0.456 e. The van der Waals surface area contributed by atoms with Gasteiger partial charge in [0.2, 0.25) is 0 Å². The Balaban J connectivity index is 1.81. The predicted molar refractivity (Wildman–Crippen MR) is 111 cm³/mol. The van der Waals surface area contributed by atoms with Crippen molar-refractivity contribution in [3.05, 3.63) is 52.5 Å². The molecule has 0 aliphatic carbocycles. The van der Waals surface area contributed by atoms with Crippen molar-refractivity contribution in [2.24, 2.45) is 0 Å². The number of esters is 1. The number of hydrogen-bond donors (Lipinski definition) is 1. The Morgan fingerprint density at radius 3 is 2.50 bits per heavy atom. The summed E-state index contributed by atoms with van der Waals surface area (Å²) in [4.78, 5) is 24.6. The van der Waals surface area contributed by atoms with Gasteiger partial charge in [0, 0.05) is 16.9 Å². The molecule has 0 bridgehead atoms. The van der Waals surface area contributed by atoms with Gasteiger partial charge in [0.15, 0.2) is 16.4 Å². The third kappa shape index (κ3) is 7.01. The van der Waals surface area contributed by atoms with Crippen molar-refractivity contribution >= 4 is 62.4 Å². The van der Waals surface area contributed by atoms with Crippen LogP contribution >= 0.6 is 35.0 Å². The van der Waals surface area contributed by atoms with E-state index in [0.717, 1.165) is 11.2 Å². The molecule has 0 spiro atoms. The quantitative estimate of drug-likeness (QED) is 0.470. The van der Waals surface area contributed by atoms with Gasteiger partial charge < -0.3 is 10.1 Å². The van der Waals surface area contributed by atoms with Crippen LogP contribution in [0.4, 0.5) is 5.69 Å². The van der Waals surface area contributed by atoms with Gasteiger partial charge in [-0.3, -0.25) is 9.59 Å². The Bertz CT molecular complexity index is 980. The number of carbonyl (C=O) groups excluding carboxylic acids is 2. The number of thioether (sulfide) groups is 1. The molecule has 2 aromatic carbocycles. The van der Waals surface area contributed by atoms with Crippen LogP contribution in [-0.4, -0.2) is 38.9 Å². The van der Waals surface area contributed by atoms with E-state index in [-0.39, 0.29) is 22.0 Å². The summed E-state index contributed by atoms with van der Waals surface area (Å²) in [6.45, 7) is -0.505. The minimum absolute atomic E-state index is 0.0146. The van der Waals surface area contributed by atoms with E-state index in [4.69, 9.17) is 27.9 Å². The third-order valence-corrected chi connectivity index (χ3v) is 6.36. The molecule has 28 heavy (non-hydrogen) atoms. The van der Waals surface area contributed by atoms with Crippen molar-refractivity contribution in [2.45, 2.75) is 16.2 Å². The number of hydrogen-bond acceptors (Lipinski definition) is 6. The Labute approximate surface area is 177 Å². The lowest BCUT2D eigenvalue weighted by molar-refractivity contribution is -0.146. The van der Waals surface area contributed by atoms with Crippen LogP contribution in [0.2, 0.25) is 10.0 Å². The van der Waals surface area contributed by atoms with Gasteiger partial charge in [-0.1, -0.05) is 35.3 Å². The molecule has 0 unspecified atom stereocenters. The first kappa shape index (κ1) is 22.5. The number of nitrogens with one attached hydrogen (secondary N) is 1. The second kappa shape index (κ2) is 10.2. The molecule has 1 N–H and O–H groups in total. The Kier molecular flexibility index (Phi) is 8.18. The monoisotopic (exact) mass is 461 g/mol. The van der Waals surface area contributed by atoms with Crippen molar-refractivity contribution < 1.29 is 22.7 Å². The zero-order valence-electron chi connectivity index (χ0n) is 14.8. The summed E-state index contributed by atoms with van der Waals surface area (Å²) in [5, 5.41) is 3.21. The van der Waals surface area contributed by atoms with Crippen LogP contribution in [0.25, 0.3) is 0 Å². The number of benzene rings is 2. The summed E-state index contributed by atoms with van der Waals surface area (Å²) in [6, 6.07) is 11.2. The maximum absolute atomic E-state index is 12.0. The smallest absolute Gasteiger partial charge is 0.307 e. The van der Waals surface area contributed by atoms with Crippen molar-refractivity contribution in [3.63, 3.8) is 0 Å². The van der Waals surface area contributed by atoms with Crippen LogP contribution in [-0.2, 0) is 24.2 Å². The molecule has 0 fully saturated rings. The van der Waals surface area contributed by atoms with Gasteiger partial charge in [-0.2, -0.15) is 0 Å². The Morgan fingerprint density at radius 1 is 1.11 bits per heavy atom. The molecule has 1 amide bonds. The van der Waals surface area contributed by atoms with E-state index in [1.807, 2.05) is 18.2 Å². The topological polar surface area (TPSA) is 89.5 Å². The van der Waals surface area contributed by atoms with Crippen LogP contribution in [0, 0.1) is 0 Å². The van der Waals surface area contributed by atoms with Gasteiger partial charge in [-0.05, 0) is 30.3 Å². The highest BCUT2D eigenvalue weighted by atomic mass is 35.5. The standard InChI is InChI=1S/C18H17Cl2NO5S2/c1-28(24,25)12-6-7-13(19)15(10-12)21-17(22)11-26-18(23)8-9-27-16-5-3-2-4-14(16)20/h2-7,10H,8-9,11H2,1H3,(H,21,22). The number of halogens is 2. The fourth-order valence-corrected chi connectivity index (χ4v) is 4.02. The SMILES string of the molecule is CS(=O)(=O)c1ccc(Cl)c(NC(=O)COC(=O)CCSc2ccccc2Cl)c1. The molecule has 0 saturated carbocycles. The van der Waals surface area contributed by atoms with Gasteiger partial charge >= 0.3 is 5.97 Å². The molecule has 0 heterocycles. The van der Waals surface area contributed by atoms with Gasteiger partial charge in [0.25, 0.3) is 5.91 Å². The summed E-state index contributed by atoms with van der Waals surface area (Å²) in [6.07, 6.45) is 1.15. The summed E-state index contributed by atoms with van der Waals surface area (Å²) >= 11 is 13.4. The zero-order chi connectivity index (χ0) is 20.7. The molecule has 0 aliphatic rings. The molecular weight excluding hydrogens is 445 g/mol. The third-order valence-electron chi connectivity index (χ3n) is 3.40. The molecule has 0 saturated heterocycles. The second-order valence-corrected chi connectivity index (χ2v) is 9.62. The fourth-order valence-electron chi connectivity index (χ4n) is 2.04. The van der Waals surface area contributed by atoms with Crippen molar-refractivity contribution in [1.29, 1.82) is 0 Å². The minimum Gasteiger partial charge on any atom is -0.456 e. The summed E-state index contributed by atoms with van der Waals surface area (Å²) in [5.41, 5.74) is 0.125. The normalized spacial score (nSPS) is 11.1. The average Bonchev–Trinajstić information content (AvgIpc) is 2.62. The van der Waals surface area contributed by atoms with E-state index < -0.39 is 28.3 Å². The van der Waals surface area contributed by atoms with E-state index >= 15 is 0 Å². The Hall–Kier alpha value is -1.74. The van der Waals surface area contributed by atoms with Crippen molar-refractivity contribution in [1.82, 2.24) is 0 Å². The first-order valence-corrected chi connectivity index (χ1v) is 11.6. The number of amides is 1. The van der Waals surface area contributed by atoms with Crippen LogP contribution in [0.1, 0.15) is 6.42 Å². The van der Waals surface area contributed by atoms with Crippen LogP contribution in [0.3, 0.4) is 0 Å². The lowest BCUT2D eigenvalue weighted by Crippen LogP contribution is -2.21. The van der Waals surface area contributed by atoms with Crippen molar-refractivity contribution in [2.75, 3.05) is 23.9 Å². The molecule has 0 atom stereocenters. The summed E-state index contributed by atoms with van der Waals surface area (Å²) < 4.78 is 28.1. The highest BCUT2D eigenvalue weighted by molar-refractivity contribution is 7.99. The highest BCUT2D eigenvalue weighted by Crippen LogP contribution is 2.27. The van der Waals surface area contributed by atoms with Gasteiger partial charge in [-0.15, -0.1) is 11.8 Å². The van der Waals surface area contributed by atoms with Crippen LogP contribution < -0.4 is 5.32 Å². The van der Waals surface area contributed by atoms with Gasteiger partial charge in [0.1, 0.15) is 0 Å². The number of sulfone groups is 1. The fraction of sp³-hybridized carbons (Fsp3) is 0.222. The molecule has 0 radical (unpaired) electrons. The second-order valence-electron chi connectivity index (χ2n) is 5.65. The maximum atomic E-state index is 12.0. The number of ether oxygens (including phenoxy) is 1. The predicted octanol–water partition coefficient (Wildman–Crippen LogP) is 4.06. The van der Waals surface area contributed by atoms with E-state index in [9.17, 15) is 18.0 Å². The molecule has 10 heteroatoms. The van der Waals surface area contributed by atoms with Crippen molar-refractivity contribution in [3.8, 4) is 0 Å². The maximum Gasteiger partial charge on any atom is 0.307 e. The summed E-state index contributed by atoms with van der Waals surface area (Å²) in [7, 11) is -3.45. The number of carbonyl (C=O) groups is 2. The Morgan fingerprint density at radius 2 is 1.82 bits per heavy atom. The molecule has 0 aliphatic heterocycles. The van der Waals surface area contributed by atoms with Gasteiger partial charge in [0.05, 0.1) is 27.0 Å². The van der Waals surface area contributed by atoms with E-state index in [1.54, 1.807) is 6.07 Å². The number of rotatable bonds is 8. The van der Waals surface area contributed by atoms with Gasteiger partial charge in [-0.25, -0.2) is 8.42 Å². The first-order valence-electron chi connectivity index (χ1n) is 7.99. The minimum atomic E-state index is -3.45. The lowest BCUT2D eigenvalue weighted by Gasteiger charge is -2.09. The molecule has 2 aromatic rings. The summed E-state index contributed by atoms with van der Waals surface area (Å²) in [5.74, 6) is -0.711. The molecule has 2 rings (SSSR count). The number of anilines is 1. The van der Waals surface area contributed by atoms with Crippen LogP contribution in [0.15, 0.2) is 52.3 Å². The molecular formula is C18H17Cl2NO5S2. The first-order chi connectivity index (χ1) is 13.2. The average molecular weight is 462 g/mol. The highest BCUT2D eigenvalue weighted by Gasteiger charge is 2.14. The zero-order valence-corrected chi connectivity index (χ0v) is 17.9. The van der Waals surface area contributed by atoms with E-state index in [0.29, 0.717) is 10.8 Å². The van der Waals surface area contributed by atoms with E-state index in [1.165, 1.54) is 30.0 Å². The van der Waals surface area contributed by atoms with E-state index in [2.05, 4.69) is 5.32 Å².